The lowest BCUT2D eigenvalue weighted by Crippen LogP contribution is -2.40. The van der Waals surface area contributed by atoms with Crippen LogP contribution in [0.4, 0.5) is 5.69 Å². The Bertz CT molecular complexity index is 1060. The normalized spacial score (nSPS) is 15.8. The minimum atomic E-state index is -1.26. The van der Waals surface area contributed by atoms with Gasteiger partial charge >= 0.3 is 11.9 Å². The van der Waals surface area contributed by atoms with Crippen LogP contribution in [0.25, 0.3) is 0 Å². The predicted molar refractivity (Wildman–Crippen MR) is 136 cm³/mol. The third kappa shape index (κ3) is 8.13. The van der Waals surface area contributed by atoms with E-state index in [1.165, 1.54) is 18.4 Å². The van der Waals surface area contributed by atoms with Gasteiger partial charge in [0.05, 0.1) is 7.11 Å². The Morgan fingerprint density at radius 1 is 1.06 bits per heavy atom. The molecule has 3 N–H and O–H groups in total. The Morgan fingerprint density at radius 2 is 1.75 bits per heavy atom. The highest BCUT2D eigenvalue weighted by atomic mass is 16.5. The number of amides is 1. The van der Waals surface area contributed by atoms with Gasteiger partial charge in [0.1, 0.15) is 5.75 Å². The number of rotatable bonds is 9. The quantitative estimate of drug-likeness (QED) is 0.454. The number of piperidine rings is 1. The maximum Gasteiger partial charge on any atom is 0.328 e. The van der Waals surface area contributed by atoms with E-state index in [0.717, 1.165) is 56.3 Å². The van der Waals surface area contributed by atoms with Gasteiger partial charge < -0.3 is 30.1 Å². The van der Waals surface area contributed by atoms with Crippen molar-refractivity contribution in [3.63, 3.8) is 0 Å². The van der Waals surface area contributed by atoms with E-state index in [1.807, 2.05) is 41.3 Å². The molecule has 1 saturated heterocycles. The zero-order valence-electron chi connectivity index (χ0n) is 20.4. The molecule has 0 spiro atoms. The van der Waals surface area contributed by atoms with Crippen molar-refractivity contribution in [2.24, 2.45) is 5.92 Å². The smallest absolute Gasteiger partial charge is 0.328 e. The van der Waals surface area contributed by atoms with Crippen molar-refractivity contribution in [1.29, 1.82) is 0 Å². The van der Waals surface area contributed by atoms with E-state index in [-0.39, 0.29) is 5.91 Å². The lowest BCUT2D eigenvalue weighted by molar-refractivity contribution is -0.134. The third-order valence-electron chi connectivity index (χ3n) is 6.28. The summed E-state index contributed by atoms with van der Waals surface area (Å²) in [4.78, 5) is 36.2. The largest absolute Gasteiger partial charge is 0.497 e. The first-order valence-electron chi connectivity index (χ1n) is 12.0. The van der Waals surface area contributed by atoms with Crippen LogP contribution in [0.5, 0.6) is 5.75 Å². The van der Waals surface area contributed by atoms with Crippen LogP contribution in [0.3, 0.4) is 0 Å². The number of carboxylic acids is 2. The molecule has 2 heterocycles. The van der Waals surface area contributed by atoms with Gasteiger partial charge in [-0.1, -0.05) is 24.3 Å². The van der Waals surface area contributed by atoms with Crippen LogP contribution in [0.2, 0.25) is 0 Å². The van der Waals surface area contributed by atoms with Crippen LogP contribution in [0.1, 0.15) is 28.8 Å². The van der Waals surface area contributed by atoms with Gasteiger partial charge in [0.2, 0.25) is 0 Å². The number of likely N-dealkylation sites (tertiary alicyclic amines) is 1. The zero-order chi connectivity index (χ0) is 25.9. The van der Waals surface area contributed by atoms with Crippen LogP contribution in [-0.2, 0) is 16.1 Å². The summed E-state index contributed by atoms with van der Waals surface area (Å²) in [5.74, 6) is -0.814. The summed E-state index contributed by atoms with van der Waals surface area (Å²) in [5, 5.41) is 19.1. The molecule has 0 radical (unpaired) electrons. The SMILES string of the molecule is COc1cccc(NCCN2CCC(CN3Cc4ccccc4C3=O)CC2)c1.O=C(O)C=CC(=O)O. The summed E-state index contributed by atoms with van der Waals surface area (Å²) in [6, 6.07) is 16.1. The summed E-state index contributed by atoms with van der Waals surface area (Å²) in [6.07, 6.45) is 3.45. The van der Waals surface area contributed by atoms with Crippen molar-refractivity contribution >= 4 is 23.5 Å². The van der Waals surface area contributed by atoms with Crippen LogP contribution < -0.4 is 10.1 Å². The van der Waals surface area contributed by atoms with Gasteiger partial charge in [-0.3, -0.25) is 4.79 Å². The number of nitrogens with one attached hydrogen (secondary N) is 1. The molecule has 2 aromatic rings. The average molecular weight is 496 g/mol. The standard InChI is InChI=1S/C23H29N3O2.C4H4O4/c1-28-21-7-4-6-20(15-21)24-11-14-25-12-9-18(10-13-25)16-26-17-19-5-2-3-8-22(19)23(26)27;5-3(6)1-2-4(7)8/h2-8,15,18,24H,9-14,16-17H2,1H3;1-2H,(H,5,6)(H,7,8). The Balaban J connectivity index is 0.000000392. The number of carboxylic acid groups (broad SMARTS) is 2. The van der Waals surface area contributed by atoms with E-state index >= 15 is 0 Å². The van der Waals surface area contributed by atoms with Crippen molar-refractivity contribution in [1.82, 2.24) is 9.80 Å². The Labute approximate surface area is 211 Å². The van der Waals surface area contributed by atoms with Gasteiger partial charge in [-0.05, 0) is 55.6 Å². The highest BCUT2D eigenvalue weighted by Crippen LogP contribution is 2.26. The molecule has 9 heteroatoms. The van der Waals surface area contributed by atoms with E-state index in [2.05, 4.69) is 22.3 Å². The molecular formula is C27H33N3O6. The van der Waals surface area contributed by atoms with Gasteiger partial charge in [0.25, 0.3) is 5.91 Å². The Morgan fingerprint density at radius 3 is 2.39 bits per heavy atom. The van der Waals surface area contributed by atoms with Crippen LogP contribution in [0, 0.1) is 5.92 Å². The fourth-order valence-electron chi connectivity index (χ4n) is 4.40. The number of nitrogens with zero attached hydrogens (tertiary/aromatic N) is 2. The van der Waals surface area contributed by atoms with Crippen molar-refractivity contribution in [2.45, 2.75) is 19.4 Å². The van der Waals surface area contributed by atoms with Crippen LogP contribution in [0.15, 0.2) is 60.7 Å². The summed E-state index contributed by atoms with van der Waals surface area (Å²) in [5.41, 5.74) is 3.17. The predicted octanol–water partition coefficient (Wildman–Crippen LogP) is 3.19. The number of carbonyl (C=O) groups excluding carboxylic acids is 1. The van der Waals surface area contributed by atoms with Gasteiger partial charge in [-0.15, -0.1) is 0 Å². The van der Waals surface area contributed by atoms with Crippen LogP contribution in [-0.4, -0.2) is 77.7 Å². The monoisotopic (exact) mass is 495 g/mol. The van der Waals surface area contributed by atoms with Gasteiger partial charge in [0.15, 0.2) is 0 Å². The van der Waals surface area contributed by atoms with Crippen molar-refractivity contribution in [2.75, 3.05) is 45.2 Å². The number of hydrogen-bond donors (Lipinski definition) is 3. The first kappa shape index (κ1) is 26.7. The number of aliphatic carboxylic acids is 2. The molecule has 0 saturated carbocycles. The molecule has 2 aliphatic rings. The molecule has 4 rings (SSSR count). The molecule has 2 aromatic carbocycles. The van der Waals surface area contributed by atoms with Crippen molar-refractivity contribution < 1.29 is 29.3 Å². The number of carbonyl (C=O) groups is 3. The second kappa shape index (κ2) is 13.3. The molecule has 2 aliphatic heterocycles. The highest BCUT2D eigenvalue weighted by molar-refractivity contribution is 5.98. The van der Waals surface area contributed by atoms with Crippen molar-refractivity contribution in [3.8, 4) is 5.75 Å². The molecule has 1 amide bonds. The van der Waals surface area contributed by atoms with Crippen LogP contribution >= 0.6 is 0 Å². The topological polar surface area (TPSA) is 119 Å². The lowest BCUT2D eigenvalue weighted by atomic mass is 9.96. The molecular weight excluding hydrogens is 462 g/mol. The van der Waals surface area contributed by atoms with Gasteiger partial charge in [-0.25, -0.2) is 9.59 Å². The zero-order valence-corrected chi connectivity index (χ0v) is 20.4. The van der Waals surface area contributed by atoms with E-state index in [4.69, 9.17) is 14.9 Å². The fraction of sp³-hybridized carbons (Fsp3) is 0.370. The average Bonchev–Trinajstić information content (AvgIpc) is 3.19. The maximum atomic E-state index is 12.6. The molecule has 36 heavy (non-hydrogen) atoms. The van der Waals surface area contributed by atoms with E-state index in [9.17, 15) is 14.4 Å². The molecule has 0 atom stereocenters. The number of anilines is 1. The Kier molecular flexibility index (Phi) is 9.88. The first-order chi connectivity index (χ1) is 17.4. The minimum absolute atomic E-state index is 0.209. The second-order valence-electron chi connectivity index (χ2n) is 8.80. The lowest BCUT2D eigenvalue weighted by Gasteiger charge is -2.33. The van der Waals surface area contributed by atoms with Gasteiger partial charge in [0, 0.05) is 55.6 Å². The number of hydrogen-bond acceptors (Lipinski definition) is 6. The number of benzene rings is 2. The van der Waals surface area contributed by atoms with Gasteiger partial charge in [-0.2, -0.15) is 0 Å². The molecule has 9 nitrogen and oxygen atoms in total. The van der Waals surface area contributed by atoms with E-state index in [0.29, 0.717) is 18.1 Å². The molecule has 0 aliphatic carbocycles. The molecule has 0 aromatic heterocycles. The summed E-state index contributed by atoms with van der Waals surface area (Å²) < 4.78 is 5.27. The molecule has 1 fully saturated rings. The number of fused-ring (bicyclic) bond motifs is 1. The third-order valence-corrected chi connectivity index (χ3v) is 6.28. The molecule has 192 valence electrons. The number of ether oxygens (including phenoxy) is 1. The molecule has 0 unspecified atom stereocenters. The summed E-state index contributed by atoms with van der Waals surface area (Å²) in [7, 11) is 1.69. The maximum absolute atomic E-state index is 12.6. The summed E-state index contributed by atoms with van der Waals surface area (Å²) in [6.45, 7) is 5.86. The summed E-state index contributed by atoms with van der Waals surface area (Å²) >= 11 is 0. The fourth-order valence-corrected chi connectivity index (χ4v) is 4.40. The first-order valence-corrected chi connectivity index (χ1v) is 12.0. The minimum Gasteiger partial charge on any atom is -0.497 e. The number of methoxy groups -OCH3 is 1. The Hall–Kier alpha value is -3.85. The highest BCUT2D eigenvalue weighted by Gasteiger charge is 2.29. The second-order valence-corrected chi connectivity index (χ2v) is 8.80. The van der Waals surface area contributed by atoms with Crippen molar-refractivity contribution in [3.05, 3.63) is 71.8 Å². The molecule has 0 bridgehead atoms. The van der Waals surface area contributed by atoms with E-state index in [1.54, 1.807) is 7.11 Å². The van der Waals surface area contributed by atoms with E-state index < -0.39 is 11.9 Å².